The Labute approximate surface area is 406 Å². The Bertz CT molecular complexity index is 3860. The number of methoxy groups -OCH3 is 3. The van der Waals surface area contributed by atoms with E-state index in [1.165, 1.54) is 66.1 Å². The normalized spacial score (nSPS) is 11.6. The smallest absolute Gasteiger partial charge is 0.119 e. The number of nitrogens with zero attached hydrogens (tertiary/aromatic N) is 3. The molecular weight excluding hydrogens is 895 g/mol. The lowest BCUT2D eigenvalue weighted by Crippen LogP contribution is -2.10. The minimum Gasteiger partial charge on any atom is -0.497 e. The van der Waals surface area contributed by atoms with Gasteiger partial charge in [0.2, 0.25) is 0 Å². The molecule has 9 aromatic carbocycles. The van der Waals surface area contributed by atoms with Gasteiger partial charge in [0.15, 0.2) is 0 Å². The molecule has 3 heterocycles. The maximum atomic E-state index is 5.64. The molecule has 68 heavy (non-hydrogen) atoms. The fraction of sp³-hybridized carbons (Fsp3) is 0.0847. The van der Waals surface area contributed by atoms with Gasteiger partial charge in [-0.05, 0) is 183 Å². The molecule has 0 fully saturated rings. The molecule has 0 aliphatic carbocycles. The quantitative estimate of drug-likeness (QED) is 0.129. The maximum absolute atomic E-state index is 5.64. The molecule has 332 valence electrons. The number of rotatable bonds is 11. The fourth-order valence-corrected chi connectivity index (χ4v) is 12.7. The number of ether oxygens (including phenoxy) is 3. The Morgan fingerprint density at radius 1 is 0.294 bits per heavy atom. The van der Waals surface area contributed by atoms with E-state index in [4.69, 9.17) is 14.2 Å². The molecule has 0 N–H and O–H groups in total. The molecule has 0 unspecified atom stereocenters. The second-order valence-electron chi connectivity index (χ2n) is 17.0. The van der Waals surface area contributed by atoms with Crippen molar-refractivity contribution in [3.63, 3.8) is 0 Å². The molecular formula is C59H45N3O3S3. The van der Waals surface area contributed by atoms with E-state index in [2.05, 4.69) is 174 Å². The summed E-state index contributed by atoms with van der Waals surface area (Å²) in [6, 6.07) is 66.0. The van der Waals surface area contributed by atoms with E-state index < -0.39 is 0 Å². The van der Waals surface area contributed by atoms with Gasteiger partial charge in [-0.25, -0.2) is 0 Å². The third kappa shape index (κ3) is 7.31. The molecule has 0 aliphatic heterocycles. The van der Waals surface area contributed by atoms with Crippen LogP contribution in [0.5, 0.6) is 17.2 Å². The van der Waals surface area contributed by atoms with Crippen molar-refractivity contribution in [3.05, 3.63) is 188 Å². The average Bonchev–Trinajstić information content (AvgIpc) is 4.07. The lowest BCUT2D eigenvalue weighted by atomic mass is 10.1. The Morgan fingerprint density at radius 3 is 0.897 bits per heavy atom. The van der Waals surface area contributed by atoms with Crippen molar-refractivity contribution in [2.24, 2.45) is 0 Å². The molecule has 9 heteroatoms. The highest BCUT2D eigenvalue weighted by Crippen LogP contribution is 2.47. The van der Waals surface area contributed by atoms with Crippen LogP contribution in [0.25, 0.3) is 60.5 Å². The molecule has 0 atom stereocenters. The highest BCUT2D eigenvalue weighted by Gasteiger charge is 2.20. The molecule has 0 bridgehead atoms. The first-order valence-electron chi connectivity index (χ1n) is 22.4. The van der Waals surface area contributed by atoms with Crippen LogP contribution >= 0.6 is 34.0 Å². The molecule has 12 aromatic rings. The van der Waals surface area contributed by atoms with E-state index in [0.717, 1.165) is 62.7 Å². The highest BCUT2D eigenvalue weighted by molar-refractivity contribution is 7.26. The summed E-state index contributed by atoms with van der Waals surface area (Å²) in [6.45, 7) is 2.17. The minimum atomic E-state index is 0.816. The molecule has 0 aliphatic rings. The summed E-state index contributed by atoms with van der Waals surface area (Å²) in [7, 11) is 7.24. The van der Waals surface area contributed by atoms with Gasteiger partial charge in [0.25, 0.3) is 0 Å². The van der Waals surface area contributed by atoms with Crippen molar-refractivity contribution in [2.75, 3.05) is 43.1 Å². The number of benzene rings is 9. The topological polar surface area (TPSA) is 37.4 Å². The zero-order valence-electron chi connectivity index (χ0n) is 38.1. The lowest BCUT2D eigenvalue weighted by Gasteiger charge is -2.26. The largest absolute Gasteiger partial charge is 0.497 e. The average molecular weight is 940 g/mol. The van der Waals surface area contributed by atoms with Crippen molar-refractivity contribution in [2.45, 2.75) is 6.92 Å². The molecule has 3 aromatic heterocycles. The molecule has 0 saturated carbocycles. The maximum Gasteiger partial charge on any atom is 0.119 e. The van der Waals surface area contributed by atoms with Crippen LogP contribution in [0.1, 0.15) is 5.56 Å². The second-order valence-corrected chi connectivity index (χ2v) is 20.3. The summed E-state index contributed by atoms with van der Waals surface area (Å²) in [5.41, 5.74) is 9.91. The van der Waals surface area contributed by atoms with Crippen LogP contribution < -0.4 is 28.9 Å². The lowest BCUT2D eigenvalue weighted by molar-refractivity contribution is 0.414. The summed E-state index contributed by atoms with van der Waals surface area (Å²) < 4.78 is 24.2. The minimum absolute atomic E-state index is 0.816. The first kappa shape index (κ1) is 41.8. The van der Waals surface area contributed by atoms with Crippen LogP contribution in [0.4, 0.5) is 45.5 Å². The van der Waals surface area contributed by atoms with Gasteiger partial charge in [0, 0.05) is 113 Å². The molecule has 0 amide bonds. The highest BCUT2D eigenvalue weighted by atomic mass is 32.1. The second kappa shape index (κ2) is 16.9. The molecule has 0 spiro atoms. The predicted molar refractivity (Wildman–Crippen MR) is 293 cm³/mol. The Hall–Kier alpha value is -7.56. The summed E-state index contributed by atoms with van der Waals surface area (Å²) in [4.78, 5) is 6.96. The van der Waals surface area contributed by atoms with Gasteiger partial charge in [-0.3, -0.25) is 0 Å². The standard InChI is InChI=1S/C59H45N3O3S3/c1-36-6-24-54-48(30-36)50-32-41(14-26-56(50)66-54)61(38-9-20-46(64-4)21-10-38)43-16-28-58-52(34-43)53-35-44(17-29-59(53)68-58)62(39-11-22-47(65-5)23-12-39)42-15-27-57-51(33-42)49-31-40(13-25-55(49)67-57)60(2)37-7-18-45(63-3)19-8-37/h6-35H,1-5H3. The van der Waals surface area contributed by atoms with Gasteiger partial charge >= 0.3 is 0 Å². The van der Waals surface area contributed by atoms with Crippen molar-refractivity contribution >= 4 is 140 Å². The van der Waals surface area contributed by atoms with Crippen molar-refractivity contribution in [1.82, 2.24) is 0 Å². The van der Waals surface area contributed by atoms with Crippen LogP contribution in [0.2, 0.25) is 0 Å². The van der Waals surface area contributed by atoms with E-state index in [0.29, 0.717) is 0 Å². The molecule has 0 saturated heterocycles. The van der Waals surface area contributed by atoms with Crippen LogP contribution in [0.3, 0.4) is 0 Å². The Morgan fingerprint density at radius 2 is 0.559 bits per heavy atom. The van der Waals surface area contributed by atoms with Crippen molar-refractivity contribution in [1.29, 1.82) is 0 Å². The molecule has 12 rings (SSSR count). The zero-order valence-corrected chi connectivity index (χ0v) is 40.6. The molecule has 0 radical (unpaired) electrons. The Balaban J connectivity index is 0.990. The SMILES string of the molecule is COc1ccc(N(C)c2ccc3sc4ccc(N(c5ccc(OC)cc5)c5ccc6sc7ccc(N(c8ccc(OC)cc8)c8ccc9sc%10ccc(C)cc%10c9c8)cc7c6c5)cc4c3c2)cc1. The first-order valence-corrected chi connectivity index (χ1v) is 24.9. The zero-order chi connectivity index (χ0) is 46.0. The number of fused-ring (bicyclic) bond motifs is 9. The Kier molecular flexibility index (Phi) is 10.4. The van der Waals surface area contributed by atoms with E-state index in [1.807, 2.05) is 70.4 Å². The van der Waals surface area contributed by atoms with Gasteiger partial charge in [0.05, 0.1) is 21.3 Å². The van der Waals surface area contributed by atoms with E-state index in [1.54, 1.807) is 21.3 Å². The van der Waals surface area contributed by atoms with Crippen LogP contribution in [-0.4, -0.2) is 28.4 Å². The molecule has 6 nitrogen and oxygen atoms in total. The summed E-state index contributed by atoms with van der Waals surface area (Å²) >= 11 is 5.51. The third-order valence-electron chi connectivity index (χ3n) is 13.0. The number of hydrogen-bond acceptors (Lipinski definition) is 9. The van der Waals surface area contributed by atoms with Gasteiger partial charge < -0.3 is 28.9 Å². The van der Waals surface area contributed by atoms with Gasteiger partial charge in [-0.2, -0.15) is 0 Å². The van der Waals surface area contributed by atoms with E-state index in [-0.39, 0.29) is 0 Å². The van der Waals surface area contributed by atoms with Crippen LogP contribution in [-0.2, 0) is 0 Å². The van der Waals surface area contributed by atoms with Crippen LogP contribution in [0.15, 0.2) is 182 Å². The fourth-order valence-electron chi connectivity index (χ4n) is 9.46. The van der Waals surface area contributed by atoms with Gasteiger partial charge in [-0.15, -0.1) is 34.0 Å². The number of hydrogen-bond donors (Lipinski definition) is 0. The van der Waals surface area contributed by atoms with Gasteiger partial charge in [-0.1, -0.05) is 11.6 Å². The summed E-state index contributed by atoms with van der Waals surface area (Å²) in [6.07, 6.45) is 0. The van der Waals surface area contributed by atoms with Crippen LogP contribution in [0, 0.1) is 6.92 Å². The van der Waals surface area contributed by atoms with Crippen molar-refractivity contribution in [3.8, 4) is 17.2 Å². The van der Waals surface area contributed by atoms with E-state index in [9.17, 15) is 0 Å². The summed E-state index contributed by atoms with van der Waals surface area (Å²) in [5, 5.41) is 7.44. The number of anilines is 8. The number of aryl methyl sites for hydroxylation is 1. The third-order valence-corrected chi connectivity index (χ3v) is 16.5. The monoisotopic (exact) mass is 939 g/mol. The summed E-state index contributed by atoms with van der Waals surface area (Å²) in [5.74, 6) is 2.48. The van der Waals surface area contributed by atoms with Gasteiger partial charge in [0.1, 0.15) is 17.2 Å². The number of thiophene rings is 3. The first-order chi connectivity index (χ1) is 33.3. The van der Waals surface area contributed by atoms with Crippen molar-refractivity contribution < 1.29 is 14.2 Å². The van der Waals surface area contributed by atoms with E-state index >= 15 is 0 Å². The predicted octanol–water partition coefficient (Wildman–Crippen LogP) is 17.8.